The van der Waals surface area contributed by atoms with Crippen LogP contribution in [-0.4, -0.2) is 46.9 Å². The summed E-state index contributed by atoms with van der Waals surface area (Å²) in [6, 6.07) is -0.703. The summed E-state index contributed by atoms with van der Waals surface area (Å²) in [5.74, 6) is -0.489. The lowest BCUT2D eigenvalue weighted by Gasteiger charge is -2.24. The van der Waals surface area contributed by atoms with Crippen molar-refractivity contribution in [3.63, 3.8) is 0 Å². The van der Waals surface area contributed by atoms with E-state index in [-0.39, 0.29) is 24.9 Å². The van der Waals surface area contributed by atoms with Gasteiger partial charge in [0.25, 0.3) is 0 Å². The van der Waals surface area contributed by atoms with Gasteiger partial charge in [-0.2, -0.15) is 0 Å². The molecule has 1 amide bonds. The number of unbranched alkanes of at least 4 members (excludes halogenated alkanes) is 32. The summed E-state index contributed by atoms with van der Waals surface area (Å²) in [7, 11) is 0. The fraction of sp³-hybridized carbons (Fsp3) is 0.889. The number of nitrogens with one attached hydrogen (secondary N) is 1. The maximum atomic E-state index is 13.2. The Balaban J connectivity index is 4.47. The molecule has 3 atom stereocenters. The van der Waals surface area contributed by atoms with Gasteiger partial charge in [-0.05, 0) is 77.0 Å². The summed E-state index contributed by atoms with van der Waals surface area (Å²) < 4.78 is 5.92. The molecule has 0 saturated heterocycles. The molecule has 6 nitrogen and oxygen atoms in total. The molecular weight excluding hydrogens is 743 g/mol. The summed E-state index contributed by atoms with van der Waals surface area (Å²) in [6.07, 6.45) is 55.3. The van der Waals surface area contributed by atoms with Crippen molar-refractivity contribution in [1.29, 1.82) is 0 Å². The molecule has 0 heterocycles. The standard InChI is InChI=1S/C54H103NO5/c1-4-7-10-13-16-19-22-24-25-26-27-28-30-32-35-38-41-44-47-54(59)60-50(45-42-39-36-33-21-18-15-12-9-6-3)48-53(58)55-51(49-56)52(57)46-43-40-37-34-31-29-23-20-17-14-11-8-5-2/h18,21,27-28,50-52,56-57H,4-17,19-20,22-26,29-49H2,1-3H3,(H,55,58)/b21-18-,28-27+. The number of carbonyl (C=O) groups is 2. The molecular formula is C54H103NO5. The SMILES string of the molecule is CCCCC/C=C\CCCCCC(CC(=O)NC(CO)C(O)CCCCCCCCCCCCCCC)OC(=O)CCCCCCC/C=C/CCCCCCCCCCC. The normalized spacial score (nSPS) is 13.3. The van der Waals surface area contributed by atoms with E-state index in [2.05, 4.69) is 50.4 Å². The zero-order valence-corrected chi connectivity index (χ0v) is 40.4. The second-order valence-corrected chi connectivity index (χ2v) is 18.3. The highest BCUT2D eigenvalue weighted by atomic mass is 16.5. The topological polar surface area (TPSA) is 95.9 Å². The zero-order valence-electron chi connectivity index (χ0n) is 40.4. The number of hydrogen-bond donors (Lipinski definition) is 3. The highest BCUT2D eigenvalue weighted by Crippen LogP contribution is 2.18. The molecule has 0 saturated carbocycles. The van der Waals surface area contributed by atoms with Crippen LogP contribution in [0.5, 0.6) is 0 Å². The Kier molecular flexibility index (Phi) is 47.0. The minimum Gasteiger partial charge on any atom is -0.462 e. The van der Waals surface area contributed by atoms with Crippen molar-refractivity contribution >= 4 is 11.9 Å². The molecule has 0 aliphatic carbocycles. The molecule has 354 valence electrons. The van der Waals surface area contributed by atoms with Crippen molar-refractivity contribution in [3.05, 3.63) is 24.3 Å². The van der Waals surface area contributed by atoms with Crippen molar-refractivity contribution in [2.24, 2.45) is 0 Å². The number of amides is 1. The molecule has 0 radical (unpaired) electrons. The molecule has 0 bridgehead atoms. The van der Waals surface area contributed by atoms with Crippen molar-refractivity contribution in [2.75, 3.05) is 6.61 Å². The third-order valence-corrected chi connectivity index (χ3v) is 12.3. The molecule has 3 unspecified atom stereocenters. The minimum absolute atomic E-state index is 0.0671. The van der Waals surface area contributed by atoms with E-state index in [9.17, 15) is 19.8 Å². The lowest BCUT2D eigenvalue weighted by atomic mass is 10.0. The van der Waals surface area contributed by atoms with E-state index >= 15 is 0 Å². The van der Waals surface area contributed by atoms with Gasteiger partial charge in [-0.3, -0.25) is 9.59 Å². The molecule has 0 aliphatic heterocycles. The zero-order chi connectivity index (χ0) is 43.8. The molecule has 0 aliphatic rings. The quantitative estimate of drug-likeness (QED) is 0.0322. The lowest BCUT2D eigenvalue weighted by molar-refractivity contribution is -0.151. The number of allylic oxidation sites excluding steroid dienone is 4. The van der Waals surface area contributed by atoms with E-state index in [1.165, 1.54) is 167 Å². The fourth-order valence-corrected chi connectivity index (χ4v) is 8.19. The molecule has 6 heteroatoms. The van der Waals surface area contributed by atoms with Gasteiger partial charge in [-0.25, -0.2) is 0 Å². The van der Waals surface area contributed by atoms with Crippen LogP contribution in [0.3, 0.4) is 0 Å². The van der Waals surface area contributed by atoms with Gasteiger partial charge in [0.15, 0.2) is 0 Å². The maximum Gasteiger partial charge on any atom is 0.306 e. The molecule has 3 N–H and O–H groups in total. The number of hydrogen-bond acceptors (Lipinski definition) is 5. The first kappa shape index (κ1) is 58.3. The van der Waals surface area contributed by atoms with Gasteiger partial charge in [0.05, 0.1) is 25.2 Å². The molecule has 0 aromatic heterocycles. The predicted octanol–water partition coefficient (Wildman–Crippen LogP) is 15.9. The van der Waals surface area contributed by atoms with Gasteiger partial charge in [0.1, 0.15) is 6.10 Å². The number of carbonyl (C=O) groups excluding carboxylic acids is 2. The number of rotatable bonds is 48. The van der Waals surface area contributed by atoms with E-state index in [1.807, 2.05) is 0 Å². The highest BCUT2D eigenvalue weighted by Gasteiger charge is 2.24. The Labute approximate surface area is 373 Å². The summed E-state index contributed by atoms with van der Waals surface area (Å²) in [5.41, 5.74) is 0. The molecule has 0 aromatic rings. The van der Waals surface area contributed by atoms with Gasteiger partial charge in [0.2, 0.25) is 5.91 Å². The van der Waals surface area contributed by atoms with Crippen molar-refractivity contribution in [3.8, 4) is 0 Å². The van der Waals surface area contributed by atoms with Crippen molar-refractivity contribution in [2.45, 2.75) is 302 Å². The Morgan fingerprint density at radius 3 is 1.23 bits per heavy atom. The van der Waals surface area contributed by atoms with E-state index in [1.54, 1.807) is 0 Å². The molecule has 0 rings (SSSR count). The third-order valence-electron chi connectivity index (χ3n) is 12.3. The van der Waals surface area contributed by atoms with Crippen LogP contribution in [0.1, 0.15) is 284 Å². The average Bonchev–Trinajstić information content (AvgIpc) is 3.24. The minimum atomic E-state index is -0.789. The summed E-state index contributed by atoms with van der Waals surface area (Å²) in [4.78, 5) is 26.1. The van der Waals surface area contributed by atoms with Gasteiger partial charge in [-0.15, -0.1) is 0 Å². The van der Waals surface area contributed by atoms with Gasteiger partial charge in [-0.1, -0.05) is 218 Å². The Bertz CT molecular complexity index is 950. The second kappa shape index (κ2) is 48.4. The summed E-state index contributed by atoms with van der Waals surface area (Å²) >= 11 is 0. The molecule has 0 fully saturated rings. The van der Waals surface area contributed by atoms with Crippen LogP contribution in [0, 0.1) is 0 Å². The van der Waals surface area contributed by atoms with Crippen molar-refractivity contribution in [1.82, 2.24) is 5.32 Å². The van der Waals surface area contributed by atoms with E-state index < -0.39 is 18.2 Å². The number of aliphatic hydroxyl groups excluding tert-OH is 2. The number of ether oxygens (including phenoxy) is 1. The first-order valence-corrected chi connectivity index (χ1v) is 26.6. The van der Waals surface area contributed by atoms with Crippen LogP contribution in [0.25, 0.3) is 0 Å². The first-order valence-electron chi connectivity index (χ1n) is 26.6. The Morgan fingerprint density at radius 1 is 0.467 bits per heavy atom. The summed E-state index contributed by atoms with van der Waals surface area (Å²) in [6.45, 7) is 6.47. The maximum absolute atomic E-state index is 13.2. The number of esters is 1. The monoisotopic (exact) mass is 846 g/mol. The molecule has 0 aromatic carbocycles. The third kappa shape index (κ3) is 43.0. The van der Waals surface area contributed by atoms with Crippen LogP contribution >= 0.6 is 0 Å². The van der Waals surface area contributed by atoms with Crippen LogP contribution < -0.4 is 5.32 Å². The second-order valence-electron chi connectivity index (χ2n) is 18.3. The average molecular weight is 846 g/mol. The first-order chi connectivity index (χ1) is 29.5. The fourth-order valence-electron chi connectivity index (χ4n) is 8.19. The lowest BCUT2D eigenvalue weighted by Crippen LogP contribution is -2.46. The number of aliphatic hydroxyl groups is 2. The Hall–Kier alpha value is -1.66. The Morgan fingerprint density at radius 2 is 0.800 bits per heavy atom. The highest BCUT2D eigenvalue weighted by molar-refractivity contribution is 5.77. The largest absolute Gasteiger partial charge is 0.462 e. The van der Waals surface area contributed by atoms with E-state index in [4.69, 9.17) is 4.74 Å². The van der Waals surface area contributed by atoms with Crippen LogP contribution in [0.2, 0.25) is 0 Å². The summed E-state index contributed by atoms with van der Waals surface area (Å²) in [5, 5.41) is 23.7. The van der Waals surface area contributed by atoms with Gasteiger partial charge < -0.3 is 20.3 Å². The van der Waals surface area contributed by atoms with Crippen LogP contribution in [0.4, 0.5) is 0 Å². The molecule has 60 heavy (non-hydrogen) atoms. The molecule has 0 spiro atoms. The van der Waals surface area contributed by atoms with Crippen molar-refractivity contribution < 1.29 is 24.5 Å². The van der Waals surface area contributed by atoms with Gasteiger partial charge in [0, 0.05) is 6.42 Å². The smallest absolute Gasteiger partial charge is 0.306 e. The van der Waals surface area contributed by atoms with Gasteiger partial charge >= 0.3 is 5.97 Å². The van der Waals surface area contributed by atoms with Crippen LogP contribution in [0.15, 0.2) is 24.3 Å². The predicted molar refractivity (Wildman–Crippen MR) is 260 cm³/mol. The van der Waals surface area contributed by atoms with Crippen LogP contribution in [-0.2, 0) is 14.3 Å². The van der Waals surface area contributed by atoms with E-state index in [0.717, 1.165) is 70.6 Å². The van der Waals surface area contributed by atoms with E-state index in [0.29, 0.717) is 19.3 Å².